The lowest BCUT2D eigenvalue weighted by Crippen LogP contribution is -2.49. The first-order valence-electron chi connectivity index (χ1n) is 9.04. The summed E-state index contributed by atoms with van der Waals surface area (Å²) in [6.07, 6.45) is 0.663. The van der Waals surface area contributed by atoms with Gasteiger partial charge < -0.3 is 10.6 Å². The zero-order valence-electron chi connectivity index (χ0n) is 14.6. The van der Waals surface area contributed by atoms with Gasteiger partial charge in [-0.2, -0.15) is 0 Å². The monoisotopic (exact) mass is 463 g/mol. The number of anilines is 1. The molecule has 3 aliphatic heterocycles. The van der Waals surface area contributed by atoms with E-state index in [2.05, 4.69) is 31.9 Å². The molecule has 8 heteroatoms. The van der Waals surface area contributed by atoms with E-state index in [4.69, 9.17) is 11.6 Å². The molecule has 5 rings (SSSR count). The van der Waals surface area contributed by atoms with Gasteiger partial charge in [0.25, 0.3) is 0 Å². The molecule has 0 unspecified atom stereocenters. The molecule has 2 fully saturated rings. The number of fused-ring (bicyclic) bond motifs is 3. The maximum atomic E-state index is 15.1. The predicted molar refractivity (Wildman–Crippen MR) is 107 cm³/mol. The van der Waals surface area contributed by atoms with Crippen molar-refractivity contribution in [2.45, 2.75) is 23.9 Å². The minimum Gasteiger partial charge on any atom is -0.356 e. The van der Waals surface area contributed by atoms with Crippen molar-refractivity contribution in [3.63, 3.8) is 0 Å². The third-order valence-corrected chi connectivity index (χ3v) is 6.84. The Labute approximate surface area is 174 Å². The van der Waals surface area contributed by atoms with Crippen molar-refractivity contribution in [2.75, 3.05) is 11.9 Å². The van der Waals surface area contributed by atoms with Crippen LogP contribution in [0.15, 0.2) is 40.9 Å². The highest BCUT2D eigenvalue weighted by Gasteiger charge is 2.64. The smallest absolute Gasteiger partial charge is 0.250 e. The molecule has 2 amide bonds. The van der Waals surface area contributed by atoms with Crippen LogP contribution in [0.2, 0.25) is 5.02 Å². The molecule has 1 spiro atoms. The molecule has 144 valence electrons. The third-order valence-electron chi connectivity index (χ3n) is 6.06. The molecule has 4 atom stereocenters. The van der Waals surface area contributed by atoms with Crippen LogP contribution in [0.3, 0.4) is 0 Å². The van der Waals surface area contributed by atoms with Crippen LogP contribution < -0.4 is 16.0 Å². The van der Waals surface area contributed by atoms with Gasteiger partial charge in [0.2, 0.25) is 11.8 Å². The number of piperidine rings is 1. The van der Waals surface area contributed by atoms with Crippen LogP contribution in [0.25, 0.3) is 0 Å². The molecule has 3 heterocycles. The number of carbonyl (C=O) groups excluding carboxylic acids is 2. The Balaban J connectivity index is 1.78. The van der Waals surface area contributed by atoms with Crippen molar-refractivity contribution in [3.8, 4) is 0 Å². The largest absolute Gasteiger partial charge is 0.356 e. The Hall–Kier alpha value is -1.96. The average molecular weight is 465 g/mol. The number of hydrogen-bond donors (Lipinski definition) is 3. The quantitative estimate of drug-likeness (QED) is 0.607. The Morgan fingerprint density at radius 3 is 2.86 bits per heavy atom. The normalized spacial score (nSPS) is 30.8. The van der Waals surface area contributed by atoms with Crippen LogP contribution in [0.4, 0.5) is 10.1 Å². The van der Waals surface area contributed by atoms with Gasteiger partial charge in [-0.3, -0.25) is 14.9 Å². The molecule has 0 radical (unpaired) electrons. The molecule has 28 heavy (non-hydrogen) atoms. The van der Waals surface area contributed by atoms with Gasteiger partial charge in [-0.15, -0.1) is 0 Å². The Kier molecular flexibility index (Phi) is 4.05. The van der Waals surface area contributed by atoms with Crippen LogP contribution >= 0.6 is 27.5 Å². The minimum atomic E-state index is -1.24. The number of nitrogens with one attached hydrogen (secondary N) is 3. The van der Waals surface area contributed by atoms with E-state index in [9.17, 15) is 9.59 Å². The standard InChI is InChI=1S/C20H16BrClFN3O2/c21-9-4-5-11-14(8-9)25-19(28)20(11)16(10-2-1-3-12(22)17(10)23)15-13(26-20)6-7-24-18(15)27/h1-5,8,13,15-16,26H,6-7H2,(H,24,27)(H,25,28)/t13-,15+,16-,20+/m0/s1. The summed E-state index contributed by atoms with van der Waals surface area (Å²) in [6, 6.07) is 9.99. The van der Waals surface area contributed by atoms with E-state index in [1.165, 1.54) is 6.07 Å². The maximum Gasteiger partial charge on any atom is 0.250 e. The molecule has 3 N–H and O–H groups in total. The van der Waals surface area contributed by atoms with Gasteiger partial charge in [-0.05, 0) is 30.2 Å². The number of rotatable bonds is 1. The van der Waals surface area contributed by atoms with E-state index in [-0.39, 0.29) is 28.4 Å². The van der Waals surface area contributed by atoms with E-state index in [0.717, 1.165) is 4.47 Å². The molecule has 0 aliphatic carbocycles. The highest BCUT2D eigenvalue weighted by atomic mass is 79.9. The molecular formula is C20H16BrClFN3O2. The highest BCUT2D eigenvalue weighted by Crippen LogP contribution is 2.55. The van der Waals surface area contributed by atoms with E-state index in [0.29, 0.717) is 24.2 Å². The molecule has 5 nitrogen and oxygen atoms in total. The van der Waals surface area contributed by atoms with Crippen molar-refractivity contribution in [3.05, 3.63) is 62.8 Å². The van der Waals surface area contributed by atoms with Crippen molar-refractivity contribution >= 4 is 45.0 Å². The summed E-state index contributed by atoms with van der Waals surface area (Å²) in [5.74, 6) is -2.36. The lowest BCUT2D eigenvalue weighted by Gasteiger charge is -2.32. The second-order valence-corrected chi connectivity index (χ2v) is 8.75. The highest BCUT2D eigenvalue weighted by molar-refractivity contribution is 9.10. The number of amides is 2. The second kappa shape index (κ2) is 6.27. The second-order valence-electron chi connectivity index (χ2n) is 7.43. The summed E-state index contributed by atoms with van der Waals surface area (Å²) in [6.45, 7) is 0.517. The van der Waals surface area contributed by atoms with Gasteiger partial charge in [-0.25, -0.2) is 4.39 Å². The third kappa shape index (κ3) is 2.33. The van der Waals surface area contributed by atoms with Gasteiger partial charge in [0.05, 0.1) is 10.9 Å². The number of carbonyl (C=O) groups is 2. The summed E-state index contributed by atoms with van der Waals surface area (Å²) in [5, 5.41) is 9.17. The molecule has 2 aromatic carbocycles. The summed E-state index contributed by atoms with van der Waals surface area (Å²) in [7, 11) is 0. The van der Waals surface area contributed by atoms with E-state index < -0.39 is 23.2 Å². The average Bonchev–Trinajstić information content (AvgIpc) is 3.14. The summed E-state index contributed by atoms with van der Waals surface area (Å²) >= 11 is 9.47. The Morgan fingerprint density at radius 1 is 1.21 bits per heavy atom. The fraction of sp³-hybridized carbons (Fsp3) is 0.300. The topological polar surface area (TPSA) is 70.2 Å². The number of benzene rings is 2. The van der Waals surface area contributed by atoms with Crippen molar-refractivity contribution in [2.24, 2.45) is 5.92 Å². The van der Waals surface area contributed by atoms with Crippen LogP contribution in [0.5, 0.6) is 0 Å². The first-order chi connectivity index (χ1) is 13.4. The molecule has 2 aromatic rings. The fourth-order valence-electron chi connectivity index (χ4n) is 4.97. The van der Waals surface area contributed by atoms with Gasteiger partial charge in [-0.1, -0.05) is 45.7 Å². The minimum absolute atomic E-state index is 0.0262. The molecule has 0 bridgehead atoms. The maximum absolute atomic E-state index is 15.1. The van der Waals surface area contributed by atoms with Crippen LogP contribution in [0.1, 0.15) is 23.5 Å². The Bertz CT molecular complexity index is 1030. The Morgan fingerprint density at radius 2 is 2.04 bits per heavy atom. The van der Waals surface area contributed by atoms with Crippen LogP contribution in [0, 0.1) is 11.7 Å². The lowest BCUT2D eigenvalue weighted by molar-refractivity contribution is -0.127. The van der Waals surface area contributed by atoms with Gasteiger partial charge in [0, 0.05) is 34.2 Å². The van der Waals surface area contributed by atoms with Crippen molar-refractivity contribution in [1.29, 1.82) is 0 Å². The summed E-state index contributed by atoms with van der Waals surface area (Å²) in [4.78, 5) is 26.1. The molecule has 0 aromatic heterocycles. The van der Waals surface area contributed by atoms with E-state index in [1.807, 2.05) is 18.2 Å². The number of hydrogen-bond acceptors (Lipinski definition) is 3. The number of halogens is 3. The fourth-order valence-corrected chi connectivity index (χ4v) is 5.52. The van der Waals surface area contributed by atoms with Crippen LogP contribution in [-0.2, 0) is 15.1 Å². The first-order valence-corrected chi connectivity index (χ1v) is 10.2. The van der Waals surface area contributed by atoms with Gasteiger partial charge in [0.15, 0.2) is 0 Å². The van der Waals surface area contributed by atoms with Gasteiger partial charge in [0.1, 0.15) is 11.4 Å². The van der Waals surface area contributed by atoms with E-state index in [1.54, 1.807) is 12.1 Å². The molecular weight excluding hydrogens is 449 g/mol. The van der Waals surface area contributed by atoms with Crippen molar-refractivity contribution < 1.29 is 14.0 Å². The van der Waals surface area contributed by atoms with E-state index >= 15 is 4.39 Å². The molecule has 3 aliphatic rings. The SMILES string of the molecule is O=C1NCC[C@@H]2N[C@@]3(C(=O)Nc4cc(Br)ccc43)[C@@H](c3cccc(Cl)c3F)[C@H]12. The van der Waals surface area contributed by atoms with Crippen LogP contribution in [-0.4, -0.2) is 24.4 Å². The first kappa shape index (κ1) is 18.1. The zero-order chi connectivity index (χ0) is 19.6. The zero-order valence-corrected chi connectivity index (χ0v) is 16.9. The van der Waals surface area contributed by atoms with Gasteiger partial charge >= 0.3 is 0 Å². The molecule has 0 saturated carbocycles. The van der Waals surface area contributed by atoms with Crippen molar-refractivity contribution in [1.82, 2.24) is 10.6 Å². The molecule has 2 saturated heterocycles. The summed E-state index contributed by atoms with van der Waals surface area (Å²) in [5.41, 5.74) is 0.402. The lowest BCUT2D eigenvalue weighted by atomic mass is 9.70. The predicted octanol–water partition coefficient (Wildman–Crippen LogP) is 3.28. The summed E-state index contributed by atoms with van der Waals surface area (Å²) < 4.78 is 15.9.